The van der Waals surface area contributed by atoms with Gasteiger partial charge >= 0.3 is 23.9 Å². The van der Waals surface area contributed by atoms with Gasteiger partial charge in [0, 0.05) is 51.0 Å². The zero-order valence-corrected chi connectivity index (χ0v) is 58.4. The average Bonchev–Trinajstić information content (AvgIpc) is 1.59. The molecule has 4 aromatic heterocycles. The topological polar surface area (TPSA) is 339 Å². The lowest BCUT2D eigenvalue weighted by molar-refractivity contribution is -0.121. The lowest BCUT2D eigenvalue weighted by Crippen LogP contribution is -2.35. The Morgan fingerprint density at radius 2 is 0.918 bits per heavy atom. The molecule has 8 aromatic rings. The zero-order valence-electron chi connectivity index (χ0n) is 54.5. The lowest BCUT2D eigenvalue weighted by Gasteiger charge is -2.20. The van der Waals surface area contributed by atoms with Crippen LogP contribution < -0.4 is 21.3 Å². The number of fused-ring (bicyclic) bond motifs is 10. The number of aromatic nitrogens is 8. The maximum atomic E-state index is 12.6. The van der Waals surface area contributed by atoms with Gasteiger partial charge in [-0.1, -0.05) is 88.5 Å². The molecule has 4 aromatic carbocycles. The number of halogens is 3. The van der Waals surface area contributed by atoms with Gasteiger partial charge in [-0.15, -0.1) is 0 Å². The lowest BCUT2D eigenvalue weighted by atomic mass is 9.80. The van der Waals surface area contributed by atoms with Crippen molar-refractivity contribution >= 4 is 114 Å². The van der Waals surface area contributed by atoms with E-state index in [0.29, 0.717) is 90.5 Å². The van der Waals surface area contributed by atoms with Crippen LogP contribution in [-0.2, 0) is 105 Å². The first-order chi connectivity index (χ1) is 47.1. The number of carboxylic acid groups (broad SMARTS) is 1. The summed E-state index contributed by atoms with van der Waals surface area (Å²) in [6.07, 6.45) is 12.5. The van der Waals surface area contributed by atoms with Crippen molar-refractivity contribution in [3.05, 3.63) is 210 Å². The molecule has 0 saturated heterocycles. The normalized spacial score (nSPS) is 18.2. The van der Waals surface area contributed by atoms with Gasteiger partial charge in [0.05, 0.1) is 66.2 Å². The summed E-state index contributed by atoms with van der Waals surface area (Å²) < 4.78 is 14.1. The molecular formula is C70H68Br2ClN13O12. The van der Waals surface area contributed by atoms with Crippen molar-refractivity contribution in [2.24, 2.45) is 0 Å². The number of aromatic carboxylic acids is 1. The fourth-order valence-corrected chi connectivity index (χ4v) is 14.5. The number of carboxylic acids is 1. The minimum absolute atomic E-state index is 0.00333. The molecule has 0 saturated carbocycles. The highest BCUT2D eigenvalue weighted by molar-refractivity contribution is 9.09. The number of carbonyl (C=O) groups excluding carboxylic acids is 7. The quantitative estimate of drug-likeness (QED) is 0.0389. The van der Waals surface area contributed by atoms with E-state index in [-0.39, 0.29) is 46.3 Å². The van der Waals surface area contributed by atoms with Crippen molar-refractivity contribution in [1.29, 1.82) is 0 Å². The number of methoxy groups -OCH3 is 3. The number of amides is 4. The van der Waals surface area contributed by atoms with Crippen LogP contribution in [0.15, 0.2) is 110 Å². The van der Waals surface area contributed by atoms with Crippen LogP contribution in [0.2, 0.25) is 5.15 Å². The number of alkyl halides is 2. The fourth-order valence-electron chi connectivity index (χ4n) is 13.1. The van der Waals surface area contributed by atoms with Gasteiger partial charge in [0.15, 0.2) is 0 Å². The van der Waals surface area contributed by atoms with E-state index in [1.165, 1.54) is 71.8 Å². The number of hydrogen-bond acceptors (Lipinski definition) is 20. The average molecular weight is 1480 g/mol. The standard InChI is InChI=1S/C16H12ClN3O3.C16H13N3O3.C15H11N3O3.C10H10Br2O2.C7H7N3O.C6H15N/c1-23-14(21)8-2-3-9-5-16(6-10(9)4-8)11-12(17)18-7-19-13(11)20-15(16)22;1-22-14(20)9-2-3-10-5-16(6-11(10)4-9)12-7-17-8-18-13(12)19-15(16)21;19-13(20)8-1-2-9-4-15(5-10(9)3-8)11-6-16-7-17-12(11)18-14(15)21;1-14-10(13)7-2-3-8(5-11)9(4-7)6-12;1-4-5-2-6(11)10-7(5)9-3-8-4;1-4-7(5-2)6-3/h2-4,7H,5-6H2,1H3,(H,18,19,20,22);2-4,7-8H,5-6H2,1H3,(H,17,18,19,21);1-3,6-7H,4-5H2,(H,19,20)(H,16,17,18,21);2-4H,5-6H2,1H3;3H,2H2,1H3,(H,8,9,10,11);4-6H2,1-3H3/t2*16-;15-;;;/m111.../s1. The number of carbonyl (C=O) groups is 8. The van der Waals surface area contributed by atoms with Crippen LogP contribution >= 0.6 is 43.5 Å². The van der Waals surface area contributed by atoms with Gasteiger partial charge in [0.25, 0.3) is 0 Å². The van der Waals surface area contributed by atoms with E-state index < -0.39 is 28.2 Å². The Morgan fingerprint density at radius 3 is 1.39 bits per heavy atom. The molecule has 4 amide bonds. The Labute approximate surface area is 585 Å². The van der Waals surface area contributed by atoms with Gasteiger partial charge in [0.1, 0.15) is 53.7 Å². The Hall–Kier alpha value is -9.83. The second kappa shape index (κ2) is 30.3. The summed E-state index contributed by atoms with van der Waals surface area (Å²) in [6, 6.07) is 21.4. The number of ether oxygens (including phenoxy) is 3. The van der Waals surface area contributed by atoms with E-state index in [1.807, 2.05) is 37.3 Å². The number of hydrogen-bond donors (Lipinski definition) is 5. The maximum Gasteiger partial charge on any atom is 0.337 e. The van der Waals surface area contributed by atoms with Crippen molar-refractivity contribution in [2.75, 3.05) is 62.2 Å². The van der Waals surface area contributed by atoms with Crippen LogP contribution in [0.3, 0.4) is 0 Å². The van der Waals surface area contributed by atoms with Crippen molar-refractivity contribution in [2.45, 2.75) is 99.5 Å². The Kier molecular flexibility index (Phi) is 21.9. The molecule has 15 rings (SSSR count). The first-order valence-corrected chi connectivity index (χ1v) is 33.7. The van der Waals surface area contributed by atoms with Gasteiger partial charge in [-0.25, -0.2) is 59.0 Å². The number of nitrogens with zero attached hydrogens (tertiary/aromatic N) is 9. The van der Waals surface area contributed by atoms with E-state index in [2.05, 4.69) is 123 Å². The summed E-state index contributed by atoms with van der Waals surface area (Å²) in [5.41, 5.74) is 11.9. The molecule has 98 heavy (non-hydrogen) atoms. The number of esters is 3. The first kappa shape index (κ1) is 71.0. The van der Waals surface area contributed by atoms with Crippen molar-refractivity contribution < 1.29 is 57.7 Å². The summed E-state index contributed by atoms with van der Waals surface area (Å²) >= 11 is 13.0. The molecule has 0 unspecified atom stereocenters. The molecule has 7 aliphatic rings. The minimum atomic E-state index is -0.960. The Bertz CT molecular complexity index is 4500. The van der Waals surface area contributed by atoms with E-state index >= 15 is 0 Å². The predicted molar refractivity (Wildman–Crippen MR) is 369 cm³/mol. The maximum absolute atomic E-state index is 12.6. The number of aryl methyl sites for hydroxylation is 1. The van der Waals surface area contributed by atoms with Crippen LogP contribution in [0.1, 0.15) is 135 Å². The second-order valence-electron chi connectivity index (χ2n) is 23.7. The second-order valence-corrected chi connectivity index (χ2v) is 25.2. The van der Waals surface area contributed by atoms with Gasteiger partial charge in [-0.05, 0) is 158 Å². The molecule has 4 aliphatic heterocycles. The molecule has 506 valence electrons. The van der Waals surface area contributed by atoms with Gasteiger partial charge in [-0.3, -0.25) is 19.2 Å². The van der Waals surface area contributed by atoms with Gasteiger partial charge < -0.3 is 45.5 Å². The van der Waals surface area contributed by atoms with Crippen LogP contribution in [0.4, 0.5) is 23.3 Å². The minimum Gasteiger partial charge on any atom is -0.478 e. The summed E-state index contributed by atoms with van der Waals surface area (Å²) in [5.74, 6) is -0.0265. The number of benzene rings is 4. The number of anilines is 4. The molecule has 3 aliphatic carbocycles. The summed E-state index contributed by atoms with van der Waals surface area (Å²) in [4.78, 5) is 129. The van der Waals surface area contributed by atoms with E-state index in [0.717, 1.165) is 72.0 Å². The molecule has 0 fully saturated rings. The fraction of sp³-hybridized carbons (Fsp3) is 0.314. The van der Waals surface area contributed by atoms with Crippen molar-refractivity contribution in [3.63, 3.8) is 0 Å². The third-order valence-corrected chi connectivity index (χ3v) is 19.9. The van der Waals surface area contributed by atoms with E-state index in [1.54, 1.807) is 54.9 Å². The Balaban J connectivity index is 0.000000132. The third-order valence-electron chi connectivity index (χ3n) is 18.4. The number of nitrogens with one attached hydrogen (secondary N) is 4. The molecule has 5 N–H and O–H groups in total. The van der Waals surface area contributed by atoms with Crippen molar-refractivity contribution in [1.82, 2.24) is 44.8 Å². The summed E-state index contributed by atoms with van der Waals surface area (Å²) in [5, 5.41) is 22.0. The molecule has 3 spiro atoms. The van der Waals surface area contributed by atoms with Crippen LogP contribution in [0.25, 0.3) is 0 Å². The van der Waals surface area contributed by atoms with E-state index in [9.17, 15) is 38.4 Å². The molecule has 25 nitrogen and oxygen atoms in total. The largest absolute Gasteiger partial charge is 0.478 e. The number of rotatable bonds is 9. The Morgan fingerprint density at radius 1 is 0.510 bits per heavy atom. The van der Waals surface area contributed by atoms with Crippen LogP contribution in [0, 0.1) is 6.92 Å². The van der Waals surface area contributed by atoms with Crippen LogP contribution in [-0.4, -0.2) is 138 Å². The zero-order chi connectivity index (χ0) is 70.2. The molecule has 0 bridgehead atoms. The highest BCUT2D eigenvalue weighted by Crippen LogP contribution is 2.50. The highest BCUT2D eigenvalue weighted by Gasteiger charge is 2.54. The summed E-state index contributed by atoms with van der Waals surface area (Å²) in [6.45, 7) is 12.0. The van der Waals surface area contributed by atoms with Gasteiger partial charge in [-0.2, -0.15) is 0 Å². The smallest absolute Gasteiger partial charge is 0.337 e. The molecule has 28 heteroatoms. The molecule has 8 heterocycles. The third kappa shape index (κ3) is 14.2. The molecular weight excluding hydrogens is 1410 g/mol. The summed E-state index contributed by atoms with van der Waals surface area (Å²) in [7, 11) is 4.08. The SMILES string of the molecule is CCN(CC)CC.COC(=O)c1ccc(CBr)c(CBr)c1.COC(=O)c1ccc2c(c1)C[C@@]1(C2)C(=O)Nc2ncnc(Cl)c21.COC(=O)c1ccc2c(c1)C[C@@]1(C2)C(=O)Nc2ncncc21.Cc1ncnc2c1CC(=O)N2.O=C(O)c1ccc2c(c1)C[C@@]1(C2)C(=O)Nc2ncncc21. The van der Waals surface area contributed by atoms with Gasteiger partial charge in [0.2, 0.25) is 23.6 Å². The molecule has 0 radical (unpaired) electrons. The molecule has 3 atom stereocenters. The highest BCUT2D eigenvalue weighted by atomic mass is 79.9. The predicted octanol–water partition coefficient (Wildman–Crippen LogP) is 9.21. The van der Waals surface area contributed by atoms with Crippen molar-refractivity contribution in [3.8, 4) is 0 Å². The monoisotopic (exact) mass is 1480 g/mol. The first-order valence-electron chi connectivity index (χ1n) is 31.1. The van der Waals surface area contributed by atoms with Crippen LogP contribution in [0.5, 0.6) is 0 Å². The van der Waals surface area contributed by atoms with E-state index in [4.69, 9.17) is 26.2 Å².